The van der Waals surface area contributed by atoms with Crippen LogP contribution in [0.25, 0.3) is 0 Å². The third-order valence-corrected chi connectivity index (χ3v) is 7.22. The van der Waals surface area contributed by atoms with Gasteiger partial charge in [0.05, 0.1) is 30.4 Å². The summed E-state index contributed by atoms with van der Waals surface area (Å²) in [6.07, 6.45) is 0.0437. The predicted octanol–water partition coefficient (Wildman–Crippen LogP) is 4.62. The highest BCUT2D eigenvalue weighted by Crippen LogP contribution is 2.43. The average molecular weight is 474 g/mol. The molecule has 0 radical (unpaired) electrons. The molecule has 6 nitrogen and oxygen atoms in total. The van der Waals surface area contributed by atoms with Crippen LogP contribution in [0.2, 0.25) is 0 Å². The van der Waals surface area contributed by atoms with Gasteiger partial charge in [0.15, 0.2) is 5.78 Å². The molecule has 0 fully saturated rings. The van der Waals surface area contributed by atoms with Gasteiger partial charge < -0.3 is 14.8 Å². The zero-order chi connectivity index (χ0) is 23.7. The normalized spacial score (nSPS) is 18.7. The number of rotatable bonds is 5. The van der Waals surface area contributed by atoms with Gasteiger partial charge >= 0.3 is 5.97 Å². The molecule has 2 aliphatic rings. The van der Waals surface area contributed by atoms with Crippen molar-refractivity contribution in [2.24, 2.45) is 0 Å². The molecule has 2 heterocycles. The number of hydrogen-bond acceptors (Lipinski definition) is 6. The zero-order valence-corrected chi connectivity index (χ0v) is 19.4. The second kappa shape index (κ2) is 9.44. The Labute approximate surface area is 201 Å². The predicted molar refractivity (Wildman–Crippen MR) is 127 cm³/mol. The fourth-order valence-corrected chi connectivity index (χ4v) is 5.55. The topological polar surface area (TPSA) is 81.7 Å². The van der Waals surface area contributed by atoms with E-state index in [-0.39, 0.29) is 24.3 Å². The standard InChI is InChI=1S/C27H23NO5S/c1-2-32-27(31)18-11-7-13-24-20(18)14-22(19-10-5-6-12-23(19)34-24)33-15-21-25(29)16-8-3-4-9-17(16)26(30)28-21/h3-13,21-22H,2,14-15H2,1H3,(H,28,30). The van der Waals surface area contributed by atoms with E-state index in [1.54, 1.807) is 49.0 Å². The third kappa shape index (κ3) is 4.13. The van der Waals surface area contributed by atoms with E-state index in [0.717, 1.165) is 20.9 Å². The minimum atomic E-state index is -0.773. The van der Waals surface area contributed by atoms with Crippen LogP contribution in [0.3, 0.4) is 0 Å². The number of nitrogens with one attached hydrogen (secondary N) is 1. The number of esters is 1. The van der Waals surface area contributed by atoms with E-state index in [9.17, 15) is 14.4 Å². The van der Waals surface area contributed by atoms with Gasteiger partial charge in [-0.05, 0) is 42.3 Å². The molecular formula is C27H23NO5S. The summed E-state index contributed by atoms with van der Waals surface area (Å²) in [4.78, 5) is 40.2. The molecule has 2 unspecified atom stereocenters. The molecule has 1 amide bonds. The maximum absolute atomic E-state index is 13.0. The third-order valence-electron chi connectivity index (χ3n) is 6.03. The fraction of sp³-hybridized carbons (Fsp3) is 0.222. The van der Waals surface area contributed by atoms with Gasteiger partial charge in [0.25, 0.3) is 5.91 Å². The van der Waals surface area contributed by atoms with Gasteiger partial charge in [0, 0.05) is 21.8 Å². The first kappa shape index (κ1) is 22.4. The lowest BCUT2D eigenvalue weighted by atomic mass is 9.94. The quantitative estimate of drug-likeness (QED) is 0.545. The van der Waals surface area contributed by atoms with Crippen molar-refractivity contribution in [3.8, 4) is 0 Å². The number of ketones is 1. The monoisotopic (exact) mass is 473 g/mol. The van der Waals surface area contributed by atoms with Crippen LogP contribution in [0, 0.1) is 0 Å². The average Bonchev–Trinajstić information content (AvgIpc) is 3.02. The Bertz CT molecular complexity index is 1290. The number of ether oxygens (including phenoxy) is 2. The lowest BCUT2D eigenvalue weighted by molar-refractivity contribution is 0.0319. The van der Waals surface area contributed by atoms with Crippen molar-refractivity contribution in [3.63, 3.8) is 0 Å². The molecule has 34 heavy (non-hydrogen) atoms. The van der Waals surface area contributed by atoms with E-state index in [4.69, 9.17) is 9.47 Å². The lowest BCUT2D eigenvalue weighted by Crippen LogP contribution is -2.48. The van der Waals surface area contributed by atoms with Crippen molar-refractivity contribution < 1.29 is 23.9 Å². The van der Waals surface area contributed by atoms with Crippen molar-refractivity contribution in [2.75, 3.05) is 13.2 Å². The second-order valence-corrected chi connectivity index (χ2v) is 9.19. The van der Waals surface area contributed by atoms with E-state index in [1.807, 2.05) is 36.4 Å². The molecule has 0 saturated heterocycles. The number of amides is 1. The van der Waals surface area contributed by atoms with Crippen molar-refractivity contribution in [1.82, 2.24) is 5.32 Å². The van der Waals surface area contributed by atoms with Gasteiger partial charge in [-0.1, -0.05) is 54.2 Å². The summed E-state index contributed by atoms with van der Waals surface area (Å²) in [5.41, 5.74) is 3.15. The molecule has 0 bridgehead atoms. The van der Waals surface area contributed by atoms with Crippen LogP contribution < -0.4 is 5.32 Å². The number of Topliss-reactive ketones (excluding diaryl/α,β-unsaturated/α-hetero) is 1. The molecule has 1 N–H and O–H groups in total. The van der Waals surface area contributed by atoms with Crippen molar-refractivity contribution in [2.45, 2.75) is 35.3 Å². The number of carbonyl (C=O) groups excluding carboxylic acids is 3. The Balaban J connectivity index is 1.45. The van der Waals surface area contributed by atoms with Crippen molar-refractivity contribution in [3.05, 3.63) is 94.5 Å². The molecule has 0 spiro atoms. The van der Waals surface area contributed by atoms with Gasteiger partial charge in [-0.15, -0.1) is 0 Å². The van der Waals surface area contributed by atoms with Crippen LogP contribution in [-0.2, 0) is 15.9 Å². The Morgan fingerprint density at radius 3 is 2.53 bits per heavy atom. The van der Waals surface area contributed by atoms with E-state index in [1.165, 1.54) is 0 Å². The lowest BCUT2D eigenvalue weighted by Gasteiger charge is -2.27. The van der Waals surface area contributed by atoms with Crippen LogP contribution in [-0.4, -0.2) is 36.9 Å². The smallest absolute Gasteiger partial charge is 0.338 e. The van der Waals surface area contributed by atoms with Gasteiger partial charge in [-0.25, -0.2) is 4.79 Å². The van der Waals surface area contributed by atoms with Crippen LogP contribution in [0.1, 0.15) is 55.2 Å². The van der Waals surface area contributed by atoms with E-state index >= 15 is 0 Å². The molecule has 2 aliphatic heterocycles. The summed E-state index contributed by atoms with van der Waals surface area (Å²) in [7, 11) is 0. The molecule has 3 aromatic carbocycles. The highest BCUT2D eigenvalue weighted by atomic mass is 32.2. The van der Waals surface area contributed by atoms with Crippen molar-refractivity contribution >= 4 is 29.4 Å². The second-order valence-electron chi connectivity index (χ2n) is 8.10. The van der Waals surface area contributed by atoms with Gasteiger partial charge in [-0.3, -0.25) is 9.59 Å². The number of benzene rings is 3. The number of carbonyl (C=O) groups is 3. The maximum Gasteiger partial charge on any atom is 0.338 e. The molecule has 7 heteroatoms. The fourth-order valence-electron chi connectivity index (χ4n) is 4.39. The first-order valence-corrected chi connectivity index (χ1v) is 12.0. The highest BCUT2D eigenvalue weighted by molar-refractivity contribution is 7.99. The first-order chi connectivity index (χ1) is 16.6. The van der Waals surface area contributed by atoms with Gasteiger partial charge in [0.2, 0.25) is 0 Å². The minimum Gasteiger partial charge on any atom is -0.462 e. The Kier molecular flexibility index (Phi) is 6.22. The summed E-state index contributed by atoms with van der Waals surface area (Å²) >= 11 is 1.59. The SMILES string of the molecule is CCOC(=O)c1cccc2c1CC(OCC1NC(=O)c3ccccc3C1=O)c1ccccc1S2. The minimum absolute atomic E-state index is 0.0273. The molecule has 0 aromatic heterocycles. The maximum atomic E-state index is 13.0. The Morgan fingerprint density at radius 1 is 0.971 bits per heavy atom. The molecule has 2 atom stereocenters. The molecule has 3 aromatic rings. The summed E-state index contributed by atoms with van der Waals surface area (Å²) in [6.45, 7) is 2.10. The molecule has 172 valence electrons. The van der Waals surface area contributed by atoms with E-state index in [0.29, 0.717) is 29.7 Å². The van der Waals surface area contributed by atoms with Gasteiger partial charge in [-0.2, -0.15) is 0 Å². The summed E-state index contributed by atoms with van der Waals surface area (Å²) < 4.78 is 11.6. The molecular weight excluding hydrogens is 450 g/mol. The summed E-state index contributed by atoms with van der Waals surface area (Å²) in [6, 6.07) is 19.6. The summed E-state index contributed by atoms with van der Waals surface area (Å²) in [5.74, 6) is -0.814. The summed E-state index contributed by atoms with van der Waals surface area (Å²) in [5, 5.41) is 2.77. The first-order valence-electron chi connectivity index (χ1n) is 11.2. The van der Waals surface area contributed by atoms with E-state index < -0.39 is 12.1 Å². The highest BCUT2D eigenvalue weighted by Gasteiger charge is 2.33. The number of hydrogen-bond donors (Lipinski definition) is 1. The van der Waals surface area contributed by atoms with Crippen LogP contribution in [0.5, 0.6) is 0 Å². The largest absolute Gasteiger partial charge is 0.462 e. The molecule has 0 saturated carbocycles. The van der Waals surface area contributed by atoms with Crippen LogP contribution in [0.4, 0.5) is 0 Å². The van der Waals surface area contributed by atoms with Gasteiger partial charge in [0.1, 0.15) is 6.04 Å². The molecule has 5 rings (SSSR count). The molecule has 0 aliphatic carbocycles. The van der Waals surface area contributed by atoms with Crippen LogP contribution >= 0.6 is 11.8 Å². The number of fused-ring (bicyclic) bond motifs is 3. The van der Waals surface area contributed by atoms with Crippen LogP contribution in [0.15, 0.2) is 76.5 Å². The zero-order valence-electron chi connectivity index (χ0n) is 18.6. The van der Waals surface area contributed by atoms with E-state index in [2.05, 4.69) is 5.32 Å². The Hall–Kier alpha value is -3.42. The van der Waals surface area contributed by atoms with Crippen molar-refractivity contribution in [1.29, 1.82) is 0 Å². The Morgan fingerprint density at radius 2 is 1.71 bits per heavy atom.